The molecule has 2 aromatic carbocycles. The molecule has 2 rings (SSSR count). The average molecular weight is 293 g/mol. The van der Waals surface area contributed by atoms with Crippen LogP contribution in [0.2, 0.25) is 0 Å². The fourth-order valence-corrected chi connectivity index (χ4v) is 2.08. The van der Waals surface area contributed by atoms with Crippen molar-refractivity contribution in [2.45, 2.75) is 5.60 Å². The molecule has 2 aromatic rings. The predicted octanol–water partition coefficient (Wildman–Crippen LogP) is 1.69. The Morgan fingerprint density at radius 3 is 2.29 bits per heavy atom. The number of benzene rings is 2. The highest BCUT2D eigenvalue weighted by atomic mass is 19.2. The first-order valence-electron chi connectivity index (χ1n) is 6.03. The van der Waals surface area contributed by atoms with Crippen LogP contribution in [0.3, 0.4) is 0 Å². The van der Waals surface area contributed by atoms with E-state index in [-0.39, 0.29) is 11.3 Å². The lowest BCUT2D eigenvalue weighted by atomic mass is 9.85. The zero-order chi connectivity index (χ0) is 15.6. The number of nitrogens with two attached hydrogens (primary N) is 1. The highest BCUT2D eigenvalue weighted by Crippen LogP contribution is 2.34. The quantitative estimate of drug-likeness (QED) is 0.901. The van der Waals surface area contributed by atoms with Crippen molar-refractivity contribution < 1.29 is 23.4 Å². The molecule has 1 unspecified atom stereocenters. The van der Waals surface area contributed by atoms with E-state index >= 15 is 0 Å². The summed E-state index contributed by atoms with van der Waals surface area (Å²) in [5, 5.41) is 10.6. The second-order valence-electron chi connectivity index (χ2n) is 4.38. The molecule has 0 aliphatic heterocycles. The fourth-order valence-electron chi connectivity index (χ4n) is 2.08. The summed E-state index contributed by atoms with van der Waals surface area (Å²) in [6.07, 6.45) is 0. The Labute approximate surface area is 119 Å². The smallest absolute Gasteiger partial charge is 0.258 e. The number of ether oxygens (including phenoxy) is 1. The van der Waals surface area contributed by atoms with Crippen molar-refractivity contribution in [1.82, 2.24) is 0 Å². The van der Waals surface area contributed by atoms with Gasteiger partial charge in [-0.25, -0.2) is 4.39 Å². The number of rotatable bonds is 4. The maximum Gasteiger partial charge on any atom is 0.258 e. The van der Waals surface area contributed by atoms with Gasteiger partial charge in [0.2, 0.25) is 5.82 Å². The molecule has 21 heavy (non-hydrogen) atoms. The van der Waals surface area contributed by atoms with E-state index in [1.807, 2.05) is 0 Å². The van der Waals surface area contributed by atoms with Crippen LogP contribution in [0.4, 0.5) is 8.78 Å². The van der Waals surface area contributed by atoms with Crippen LogP contribution in [0, 0.1) is 11.6 Å². The third-order valence-corrected chi connectivity index (χ3v) is 3.20. The maximum absolute atomic E-state index is 14.2. The van der Waals surface area contributed by atoms with Gasteiger partial charge in [0.05, 0.1) is 7.11 Å². The molecule has 110 valence electrons. The number of hydrogen-bond donors (Lipinski definition) is 2. The Balaban J connectivity index is 2.71. The molecule has 6 heteroatoms. The molecule has 0 bridgehead atoms. The number of aliphatic hydroxyl groups is 1. The minimum absolute atomic E-state index is 0.0426. The first kappa shape index (κ1) is 14.9. The zero-order valence-electron chi connectivity index (χ0n) is 11.1. The molecular weight excluding hydrogens is 280 g/mol. The van der Waals surface area contributed by atoms with E-state index < -0.39 is 28.7 Å². The Morgan fingerprint density at radius 1 is 1.14 bits per heavy atom. The summed E-state index contributed by atoms with van der Waals surface area (Å²) < 4.78 is 32.6. The van der Waals surface area contributed by atoms with E-state index in [1.165, 1.54) is 19.2 Å². The maximum atomic E-state index is 14.2. The van der Waals surface area contributed by atoms with Crippen molar-refractivity contribution in [2.75, 3.05) is 7.11 Å². The topological polar surface area (TPSA) is 72.6 Å². The van der Waals surface area contributed by atoms with Crippen molar-refractivity contribution in [3.63, 3.8) is 0 Å². The molecule has 4 nitrogen and oxygen atoms in total. The van der Waals surface area contributed by atoms with Crippen LogP contribution in [-0.2, 0) is 10.4 Å². The third-order valence-electron chi connectivity index (χ3n) is 3.20. The summed E-state index contributed by atoms with van der Waals surface area (Å²) in [5.74, 6) is -4.24. The molecule has 0 saturated carbocycles. The lowest BCUT2D eigenvalue weighted by Crippen LogP contribution is -2.43. The summed E-state index contributed by atoms with van der Waals surface area (Å²) in [6.45, 7) is 0. The SMILES string of the molecule is COc1ccc(C(O)(C(N)=O)c2ccccc2)c(F)c1F. The molecule has 0 saturated heterocycles. The van der Waals surface area contributed by atoms with Crippen molar-refractivity contribution >= 4 is 5.91 Å². The van der Waals surface area contributed by atoms with Gasteiger partial charge in [-0.1, -0.05) is 30.3 Å². The van der Waals surface area contributed by atoms with Crippen LogP contribution in [0.25, 0.3) is 0 Å². The number of carbonyl (C=O) groups is 1. The number of methoxy groups -OCH3 is 1. The molecule has 1 amide bonds. The van der Waals surface area contributed by atoms with Crippen LogP contribution in [0.15, 0.2) is 42.5 Å². The molecular formula is C15H13F2NO3. The van der Waals surface area contributed by atoms with E-state index in [9.17, 15) is 18.7 Å². The monoisotopic (exact) mass is 293 g/mol. The van der Waals surface area contributed by atoms with Gasteiger partial charge in [-0.15, -0.1) is 0 Å². The normalized spacial score (nSPS) is 13.5. The second kappa shape index (κ2) is 5.49. The van der Waals surface area contributed by atoms with Gasteiger partial charge >= 0.3 is 0 Å². The van der Waals surface area contributed by atoms with Crippen molar-refractivity contribution in [1.29, 1.82) is 0 Å². The molecule has 0 spiro atoms. The molecule has 0 aliphatic rings. The molecule has 3 N–H and O–H groups in total. The van der Waals surface area contributed by atoms with Gasteiger partial charge in [-0.05, 0) is 17.7 Å². The Morgan fingerprint density at radius 2 is 1.76 bits per heavy atom. The number of carbonyl (C=O) groups excluding carboxylic acids is 1. The fraction of sp³-hybridized carbons (Fsp3) is 0.133. The van der Waals surface area contributed by atoms with E-state index in [0.717, 1.165) is 12.1 Å². The van der Waals surface area contributed by atoms with Crippen LogP contribution >= 0.6 is 0 Å². The van der Waals surface area contributed by atoms with Gasteiger partial charge < -0.3 is 15.6 Å². The summed E-state index contributed by atoms with van der Waals surface area (Å²) in [5.41, 5.74) is 2.21. The Kier molecular flexibility index (Phi) is 3.90. The number of hydrogen-bond acceptors (Lipinski definition) is 3. The van der Waals surface area contributed by atoms with E-state index in [2.05, 4.69) is 4.74 Å². The highest BCUT2D eigenvalue weighted by molar-refractivity contribution is 5.88. The summed E-state index contributed by atoms with van der Waals surface area (Å²) in [6, 6.07) is 9.70. The van der Waals surface area contributed by atoms with Crippen LogP contribution in [0.5, 0.6) is 5.75 Å². The first-order chi connectivity index (χ1) is 9.92. The van der Waals surface area contributed by atoms with Crippen molar-refractivity contribution in [3.05, 3.63) is 65.2 Å². The minimum atomic E-state index is -2.47. The summed E-state index contributed by atoms with van der Waals surface area (Å²) in [7, 11) is 1.18. The van der Waals surface area contributed by atoms with Crippen LogP contribution in [-0.4, -0.2) is 18.1 Å². The van der Waals surface area contributed by atoms with Crippen molar-refractivity contribution in [3.8, 4) is 5.75 Å². The summed E-state index contributed by atoms with van der Waals surface area (Å²) >= 11 is 0. The standard InChI is InChI=1S/C15H13F2NO3/c1-21-11-8-7-10(12(16)13(11)17)15(20,14(18)19)9-5-3-2-4-6-9/h2-8,20H,1H3,(H2,18,19). The number of primary amides is 1. The van der Waals surface area contributed by atoms with E-state index in [0.29, 0.717) is 0 Å². The van der Waals surface area contributed by atoms with Gasteiger partial charge in [0.15, 0.2) is 17.2 Å². The Bertz CT molecular complexity index is 676. The van der Waals surface area contributed by atoms with Crippen molar-refractivity contribution in [2.24, 2.45) is 5.73 Å². The zero-order valence-corrected chi connectivity index (χ0v) is 11.1. The first-order valence-corrected chi connectivity index (χ1v) is 6.03. The Hall–Kier alpha value is -2.47. The van der Waals surface area contributed by atoms with E-state index in [1.54, 1.807) is 18.2 Å². The predicted molar refractivity (Wildman–Crippen MR) is 71.5 cm³/mol. The lowest BCUT2D eigenvalue weighted by molar-refractivity contribution is -0.133. The average Bonchev–Trinajstić information content (AvgIpc) is 2.50. The molecule has 0 aromatic heterocycles. The minimum Gasteiger partial charge on any atom is -0.494 e. The molecule has 0 radical (unpaired) electrons. The summed E-state index contributed by atoms with van der Waals surface area (Å²) in [4.78, 5) is 11.7. The second-order valence-corrected chi connectivity index (χ2v) is 4.38. The van der Waals surface area contributed by atoms with Crippen LogP contribution in [0.1, 0.15) is 11.1 Å². The molecule has 0 fully saturated rings. The van der Waals surface area contributed by atoms with Gasteiger partial charge in [0.25, 0.3) is 5.91 Å². The lowest BCUT2D eigenvalue weighted by Gasteiger charge is -2.26. The van der Waals surface area contributed by atoms with Gasteiger partial charge in [-0.2, -0.15) is 4.39 Å². The van der Waals surface area contributed by atoms with Crippen LogP contribution < -0.4 is 10.5 Å². The largest absolute Gasteiger partial charge is 0.494 e. The van der Waals surface area contributed by atoms with Gasteiger partial charge in [-0.3, -0.25) is 4.79 Å². The molecule has 1 atom stereocenters. The molecule has 0 heterocycles. The van der Waals surface area contributed by atoms with E-state index in [4.69, 9.17) is 5.73 Å². The number of amides is 1. The van der Waals surface area contributed by atoms with Gasteiger partial charge in [0, 0.05) is 5.56 Å². The number of halogens is 2. The highest BCUT2D eigenvalue weighted by Gasteiger charge is 2.41. The third kappa shape index (κ3) is 2.34. The molecule has 0 aliphatic carbocycles. The van der Waals surface area contributed by atoms with Gasteiger partial charge in [0.1, 0.15) is 0 Å².